The van der Waals surface area contributed by atoms with Crippen LogP contribution in [-0.4, -0.2) is 16.8 Å². The number of aromatic nitrogens is 2. The maximum absolute atomic E-state index is 5.63. The van der Waals surface area contributed by atoms with Crippen molar-refractivity contribution in [1.29, 1.82) is 0 Å². The molecular weight excluding hydrogens is 188 g/mol. The minimum Gasteiger partial charge on any atom is -0.492 e. The van der Waals surface area contributed by atoms with Gasteiger partial charge in [0.2, 0.25) is 0 Å². The maximum Gasteiger partial charge on any atom is 0.155 e. The number of unbranched alkanes of at least 4 members (excludes halogenated alkanes) is 2. The lowest BCUT2D eigenvalue weighted by atomic mass is 10.3. The summed E-state index contributed by atoms with van der Waals surface area (Å²) in [7, 11) is 0. The lowest BCUT2D eigenvalue weighted by molar-refractivity contribution is 0.304. The van der Waals surface area contributed by atoms with Gasteiger partial charge in [0.05, 0.1) is 12.8 Å². The predicted molar refractivity (Wildman–Crippen MR) is 52.1 cm³/mol. The standard InChI is InChI=1S/C9H13ClN2O/c1-2-3-4-5-13-8-6-9(10)12-11-7-8/h6-7H,2-5H2,1H3. The van der Waals surface area contributed by atoms with Gasteiger partial charge in [-0.2, -0.15) is 5.10 Å². The van der Waals surface area contributed by atoms with Crippen LogP contribution >= 0.6 is 11.6 Å². The van der Waals surface area contributed by atoms with Crippen LogP contribution in [0.4, 0.5) is 0 Å². The van der Waals surface area contributed by atoms with E-state index >= 15 is 0 Å². The normalized spacial score (nSPS) is 10.0. The molecule has 4 heteroatoms. The van der Waals surface area contributed by atoms with Gasteiger partial charge in [-0.3, -0.25) is 0 Å². The van der Waals surface area contributed by atoms with Crippen LogP contribution in [0.3, 0.4) is 0 Å². The Kier molecular flexibility index (Phi) is 4.54. The molecule has 0 aliphatic heterocycles. The number of hydrogen-bond acceptors (Lipinski definition) is 3. The highest BCUT2D eigenvalue weighted by molar-refractivity contribution is 6.29. The van der Waals surface area contributed by atoms with Gasteiger partial charge in [0.1, 0.15) is 5.75 Å². The summed E-state index contributed by atoms with van der Waals surface area (Å²) in [6, 6.07) is 1.67. The molecule has 0 saturated carbocycles. The van der Waals surface area contributed by atoms with Crippen LogP contribution in [0.1, 0.15) is 26.2 Å². The van der Waals surface area contributed by atoms with E-state index in [1.165, 1.54) is 12.8 Å². The van der Waals surface area contributed by atoms with Crippen LogP contribution < -0.4 is 4.74 Å². The number of halogens is 1. The third-order valence-corrected chi connectivity index (χ3v) is 1.80. The number of rotatable bonds is 5. The fourth-order valence-electron chi connectivity index (χ4n) is 0.945. The van der Waals surface area contributed by atoms with E-state index < -0.39 is 0 Å². The first-order chi connectivity index (χ1) is 6.33. The summed E-state index contributed by atoms with van der Waals surface area (Å²) < 4.78 is 5.40. The Morgan fingerprint density at radius 1 is 1.46 bits per heavy atom. The van der Waals surface area contributed by atoms with Crippen molar-refractivity contribution in [2.75, 3.05) is 6.61 Å². The largest absolute Gasteiger partial charge is 0.492 e. The minimum absolute atomic E-state index is 0.369. The molecule has 0 atom stereocenters. The van der Waals surface area contributed by atoms with Crippen LogP contribution in [0.2, 0.25) is 5.15 Å². The summed E-state index contributed by atoms with van der Waals surface area (Å²) in [5, 5.41) is 7.66. The highest BCUT2D eigenvalue weighted by Gasteiger charge is 1.95. The van der Waals surface area contributed by atoms with Crippen molar-refractivity contribution in [3.63, 3.8) is 0 Å². The Balaban J connectivity index is 2.28. The fraction of sp³-hybridized carbons (Fsp3) is 0.556. The first-order valence-electron chi connectivity index (χ1n) is 4.44. The molecule has 0 unspecified atom stereocenters. The smallest absolute Gasteiger partial charge is 0.155 e. The highest BCUT2D eigenvalue weighted by atomic mass is 35.5. The van der Waals surface area contributed by atoms with Crippen LogP contribution in [-0.2, 0) is 0 Å². The van der Waals surface area contributed by atoms with Crippen molar-refractivity contribution in [3.8, 4) is 5.75 Å². The van der Waals surface area contributed by atoms with Crippen molar-refractivity contribution in [1.82, 2.24) is 10.2 Å². The quantitative estimate of drug-likeness (QED) is 0.686. The molecule has 0 saturated heterocycles. The monoisotopic (exact) mass is 200 g/mol. The maximum atomic E-state index is 5.63. The molecule has 0 bridgehead atoms. The van der Waals surface area contributed by atoms with Gasteiger partial charge >= 0.3 is 0 Å². The topological polar surface area (TPSA) is 35.0 Å². The second-order valence-corrected chi connectivity index (χ2v) is 3.16. The molecule has 13 heavy (non-hydrogen) atoms. The van der Waals surface area contributed by atoms with Gasteiger partial charge in [-0.05, 0) is 6.42 Å². The van der Waals surface area contributed by atoms with E-state index in [0.717, 1.165) is 13.0 Å². The second-order valence-electron chi connectivity index (χ2n) is 2.77. The van der Waals surface area contributed by atoms with Crippen molar-refractivity contribution in [2.24, 2.45) is 0 Å². The molecule has 1 aromatic heterocycles. The molecule has 0 aliphatic rings. The number of hydrogen-bond donors (Lipinski definition) is 0. The van der Waals surface area contributed by atoms with Crippen molar-refractivity contribution in [3.05, 3.63) is 17.4 Å². The van der Waals surface area contributed by atoms with Crippen molar-refractivity contribution < 1.29 is 4.74 Å². The summed E-state index contributed by atoms with van der Waals surface area (Å²) in [5.41, 5.74) is 0. The third kappa shape index (κ3) is 4.08. The van der Waals surface area contributed by atoms with Crippen LogP contribution in [0.5, 0.6) is 5.75 Å². The molecule has 0 aromatic carbocycles. The summed E-state index contributed by atoms with van der Waals surface area (Å²) in [4.78, 5) is 0. The highest BCUT2D eigenvalue weighted by Crippen LogP contribution is 2.12. The van der Waals surface area contributed by atoms with Gasteiger partial charge in [0.25, 0.3) is 0 Å². The Morgan fingerprint density at radius 2 is 2.31 bits per heavy atom. The average Bonchev–Trinajstić information content (AvgIpc) is 2.13. The molecule has 3 nitrogen and oxygen atoms in total. The Morgan fingerprint density at radius 3 is 3.00 bits per heavy atom. The number of ether oxygens (including phenoxy) is 1. The molecule has 72 valence electrons. The van der Waals surface area contributed by atoms with Gasteiger partial charge in [-0.1, -0.05) is 31.4 Å². The summed E-state index contributed by atoms with van der Waals surface area (Å²) in [6.07, 6.45) is 5.01. The van der Waals surface area contributed by atoms with Crippen LogP contribution in [0.25, 0.3) is 0 Å². The van der Waals surface area contributed by atoms with Crippen LogP contribution in [0, 0.1) is 0 Å². The average molecular weight is 201 g/mol. The van der Waals surface area contributed by atoms with E-state index in [4.69, 9.17) is 16.3 Å². The minimum atomic E-state index is 0.369. The van der Waals surface area contributed by atoms with E-state index in [2.05, 4.69) is 17.1 Å². The third-order valence-electron chi connectivity index (χ3n) is 1.62. The van der Waals surface area contributed by atoms with E-state index in [0.29, 0.717) is 10.9 Å². The zero-order valence-corrected chi connectivity index (χ0v) is 8.42. The zero-order chi connectivity index (χ0) is 9.52. The van der Waals surface area contributed by atoms with Gasteiger partial charge in [-0.25, -0.2) is 0 Å². The Labute approximate surface area is 83.1 Å². The fourth-order valence-corrected chi connectivity index (χ4v) is 1.10. The molecule has 0 N–H and O–H groups in total. The second kappa shape index (κ2) is 5.75. The number of nitrogens with zero attached hydrogens (tertiary/aromatic N) is 2. The van der Waals surface area contributed by atoms with Crippen molar-refractivity contribution in [2.45, 2.75) is 26.2 Å². The zero-order valence-electron chi connectivity index (χ0n) is 7.66. The van der Waals surface area contributed by atoms with E-state index in [1.807, 2.05) is 0 Å². The molecular formula is C9H13ClN2O. The summed E-state index contributed by atoms with van der Waals surface area (Å²) in [5.74, 6) is 0.691. The van der Waals surface area contributed by atoms with E-state index in [1.54, 1.807) is 12.3 Å². The molecule has 0 amide bonds. The first kappa shape index (κ1) is 10.3. The lowest BCUT2D eigenvalue weighted by Gasteiger charge is -2.03. The first-order valence-corrected chi connectivity index (χ1v) is 4.81. The SMILES string of the molecule is CCCCCOc1cnnc(Cl)c1. The predicted octanol–water partition coefficient (Wildman–Crippen LogP) is 2.70. The summed E-state index contributed by atoms with van der Waals surface area (Å²) >= 11 is 5.63. The van der Waals surface area contributed by atoms with Gasteiger partial charge in [-0.15, -0.1) is 5.10 Å². The van der Waals surface area contributed by atoms with Gasteiger partial charge in [0, 0.05) is 6.07 Å². The molecule has 1 heterocycles. The molecule has 1 aromatic rings. The molecule has 0 aliphatic carbocycles. The van der Waals surface area contributed by atoms with Gasteiger partial charge in [0.15, 0.2) is 5.15 Å². The van der Waals surface area contributed by atoms with E-state index in [9.17, 15) is 0 Å². The summed E-state index contributed by atoms with van der Waals surface area (Å²) in [6.45, 7) is 2.88. The Hall–Kier alpha value is -0.830. The Bertz CT molecular complexity index is 255. The van der Waals surface area contributed by atoms with Crippen LogP contribution in [0.15, 0.2) is 12.3 Å². The lowest BCUT2D eigenvalue weighted by Crippen LogP contribution is -1.97. The van der Waals surface area contributed by atoms with Crippen molar-refractivity contribution >= 4 is 11.6 Å². The molecule has 0 fully saturated rings. The van der Waals surface area contributed by atoms with Gasteiger partial charge < -0.3 is 4.74 Å². The van der Waals surface area contributed by atoms with E-state index in [-0.39, 0.29) is 0 Å². The molecule has 0 spiro atoms. The molecule has 0 radical (unpaired) electrons. The molecule has 1 rings (SSSR count).